The number of aromatic nitrogens is 2. The third-order valence-electron chi connectivity index (χ3n) is 2.19. The van der Waals surface area contributed by atoms with Gasteiger partial charge in [-0.1, -0.05) is 12.1 Å². The maximum atomic E-state index is 5.42. The molecule has 4 heteroatoms. The highest BCUT2D eigenvalue weighted by Crippen LogP contribution is 2.11. The quantitative estimate of drug-likeness (QED) is 0.698. The van der Waals surface area contributed by atoms with Gasteiger partial charge in [0.05, 0.1) is 30.6 Å². The standard InChI is InChI=1S/C11H14N2O2/c1-14-6-7-15-9-13-8-12-10-4-2-3-5-11(10)13/h2-5,8H,6-7,9H2,1H3. The highest BCUT2D eigenvalue weighted by molar-refractivity contribution is 5.74. The molecule has 0 fully saturated rings. The van der Waals surface area contributed by atoms with Crippen molar-refractivity contribution < 1.29 is 9.47 Å². The Hall–Kier alpha value is -1.39. The molecule has 0 atom stereocenters. The van der Waals surface area contributed by atoms with Crippen LogP contribution >= 0.6 is 0 Å². The van der Waals surface area contributed by atoms with Crippen LogP contribution in [0.2, 0.25) is 0 Å². The fraction of sp³-hybridized carbons (Fsp3) is 0.364. The Morgan fingerprint density at radius 2 is 2.13 bits per heavy atom. The van der Waals surface area contributed by atoms with Gasteiger partial charge in [0, 0.05) is 7.11 Å². The Morgan fingerprint density at radius 3 is 3.00 bits per heavy atom. The summed E-state index contributed by atoms with van der Waals surface area (Å²) in [6.45, 7) is 1.74. The number of ether oxygens (including phenoxy) is 2. The molecule has 0 saturated heterocycles. The van der Waals surface area contributed by atoms with E-state index in [1.165, 1.54) is 0 Å². The molecule has 0 unspecified atom stereocenters. The number of hydrogen-bond donors (Lipinski definition) is 0. The number of nitrogens with zero attached hydrogens (tertiary/aromatic N) is 2. The Balaban J connectivity index is 2.02. The molecule has 80 valence electrons. The second-order valence-corrected chi connectivity index (χ2v) is 3.23. The van der Waals surface area contributed by atoms with Crippen LogP contribution in [-0.4, -0.2) is 29.9 Å². The minimum Gasteiger partial charge on any atom is -0.382 e. The van der Waals surface area contributed by atoms with Gasteiger partial charge in [0.2, 0.25) is 0 Å². The van der Waals surface area contributed by atoms with Gasteiger partial charge in [-0.05, 0) is 12.1 Å². The second kappa shape index (κ2) is 4.91. The van der Waals surface area contributed by atoms with Crippen LogP contribution in [0.1, 0.15) is 0 Å². The second-order valence-electron chi connectivity index (χ2n) is 3.23. The molecule has 2 rings (SSSR count). The predicted molar refractivity (Wildman–Crippen MR) is 57.6 cm³/mol. The number of rotatable bonds is 5. The summed E-state index contributed by atoms with van der Waals surface area (Å²) in [5.41, 5.74) is 2.09. The molecule has 4 nitrogen and oxygen atoms in total. The maximum Gasteiger partial charge on any atom is 0.124 e. The highest BCUT2D eigenvalue weighted by Gasteiger charge is 2.00. The summed E-state index contributed by atoms with van der Waals surface area (Å²) in [5.74, 6) is 0. The first-order chi connectivity index (χ1) is 7.42. The number of imidazole rings is 1. The summed E-state index contributed by atoms with van der Waals surface area (Å²) in [7, 11) is 1.66. The number of benzene rings is 1. The van der Waals surface area contributed by atoms with Gasteiger partial charge in [0.15, 0.2) is 0 Å². The van der Waals surface area contributed by atoms with Crippen LogP contribution in [0, 0.1) is 0 Å². The molecule has 0 aliphatic rings. The smallest absolute Gasteiger partial charge is 0.124 e. The summed E-state index contributed by atoms with van der Waals surface area (Å²) >= 11 is 0. The average molecular weight is 206 g/mol. The van der Waals surface area contributed by atoms with Gasteiger partial charge < -0.3 is 14.0 Å². The van der Waals surface area contributed by atoms with Crippen LogP contribution in [0.15, 0.2) is 30.6 Å². The first kappa shape index (κ1) is 10.1. The molecule has 0 N–H and O–H groups in total. The Morgan fingerprint density at radius 1 is 1.27 bits per heavy atom. The first-order valence-electron chi connectivity index (χ1n) is 4.88. The fourth-order valence-electron chi connectivity index (χ4n) is 1.42. The minimum atomic E-state index is 0.518. The molecule has 15 heavy (non-hydrogen) atoms. The summed E-state index contributed by atoms with van der Waals surface area (Å²) < 4.78 is 12.3. The van der Waals surface area contributed by atoms with Gasteiger partial charge in [-0.3, -0.25) is 0 Å². The van der Waals surface area contributed by atoms with Crippen LogP contribution in [-0.2, 0) is 16.2 Å². The zero-order chi connectivity index (χ0) is 10.5. The molecule has 1 aromatic carbocycles. The van der Waals surface area contributed by atoms with Gasteiger partial charge >= 0.3 is 0 Å². The summed E-state index contributed by atoms with van der Waals surface area (Å²) in [5, 5.41) is 0. The average Bonchev–Trinajstić information content (AvgIpc) is 2.68. The monoisotopic (exact) mass is 206 g/mol. The Kier molecular flexibility index (Phi) is 3.32. The molecular weight excluding hydrogens is 192 g/mol. The lowest BCUT2D eigenvalue weighted by molar-refractivity contribution is 0.0358. The topological polar surface area (TPSA) is 36.3 Å². The largest absolute Gasteiger partial charge is 0.382 e. The normalized spacial score (nSPS) is 11.0. The Bertz CT molecular complexity index is 425. The van der Waals surface area contributed by atoms with E-state index in [1.807, 2.05) is 28.8 Å². The molecule has 0 saturated carbocycles. The van der Waals surface area contributed by atoms with Crippen molar-refractivity contribution in [1.82, 2.24) is 9.55 Å². The van der Waals surface area contributed by atoms with Crippen LogP contribution in [0.3, 0.4) is 0 Å². The van der Waals surface area contributed by atoms with E-state index in [9.17, 15) is 0 Å². The van der Waals surface area contributed by atoms with Crippen molar-refractivity contribution in [3.8, 4) is 0 Å². The Labute approximate surface area is 88.4 Å². The molecule has 2 aromatic rings. The van der Waals surface area contributed by atoms with E-state index in [1.54, 1.807) is 13.4 Å². The third kappa shape index (κ3) is 2.34. The van der Waals surface area contributed by atoms with Crippen molar-refractivity contribution in [2.24, 2.45) is 0 Å². The van der Waals surface area contributed by atoms with Crippen molar-refractivity contribution in [1.29, 1.82) is 0 Å². The SMILES string of the molecule is COCCOCn1cnc2ccccc21. The van der Waals surface area contributed by atoms with Gasteiger partial charge in [0.1, 0.15) is 6.73 Å². The maximum absolute atomic E-state index is 5.42. The van der Waals surface area contributed by atoms with E-state index in [-0.39, 0.29) is 0 Å². The number of fused-ring (bicyclic) bond motifs is 1. The van der Waals surface area contributed by atoms with E-state index in [4.69, 9.17) is 9.47 Å². The van der Waals surface area contributed by atoms with Gasteiger partial charge in [-0.2, -0.15) is 0 Å². The van der Waals surface area contributed by atoms with Gasteiger partial charge in [-0.25, -0.2) is 4.98 Å². The molecule has 0 amide bonds. The van der Waals surface area contributed by atoms with Gasteiger partial charge in [-0.15, -0.1) is 0 Å². The lowest BCUT2D eigenvalue weighted by Crippen LogP contribution is -2.06. The van der Waals surface area contributed by atoms with Crippen molar-refractivity contribution >= 4 is 11.0 Å². The number of para-hydroxylation sites is 2. The highest BCUT2D eigenvalue weighted by atomic mass is 16.5. The zero-order valence-electron chi connectivity index (χ0n) is 8.72. The molecule has 1 aromatic heterocycles. The lowest BCUT2D eigenvalue weighted by Gasteiger charge is -2.05. The summed E-state index contributed by atoms with van der Waals surface area (Å²) in [4.78, 5) is 4.27. The lowest BCUT2D eigenvalue weighted by atomic mass is 10.3. The van der Waals surface area contributed by atoms with Crippen LogP contribution < -0.4 is 0 Å². The molecular formula is C11H14N2O2. The first-order valence-corrected chi connectivity index (χ1v) is 4.88. The van der Waals surface area contributed by atoms with Crippen LogP contribution in [0.4, 0.5) is 0 Å². The zero-order valence-corrected chi connectivity index (χ0v) is 8.72. The number of methoxy groups -OCH3 is 1. The molecule has 1 heterocycles. The summed E-state index contributed by atoms with van der Waals surface area (Å²) in [6.07, 6.45) is 1.79. The van der Waals surface area contributed by atoms with Crippen molar-refractivity contribution in [3.05, 3.63) is 30.6 Å². The van der Waals surface area contributed by atoms with Crippen molar-refractivity contribution in [2.75, 3.05) is 20.3 Å². The molecule has 0 aliphatic heterocycles. The summed E-state index contributed by atoms with van der Waals surface area (Å²) in [6, 6.07) is 7.99. The van der Waals surface area contributed by atoms with E-state index in [2.05, 4.69) is 4.98 Å². The van der Waals surface area contributed by atoms with E-state index >= 15 is 0 Å². The number of hydrogen-bond acceptors (Lipinski definition) is 3. The minimum absolute atomic E-state index is 0.518. The molecule has 0 aliphatic carbocycles. The van der Waals surface area contributed by atoms with Gasteiger partial charge in [0.25, 0.3) is 0 Å². The van der Waals surface area contributed by atoms with E-state index < -0.39 is 0 Å². The van der Waals surface area contributed by atoms with E-state index in [0.717, 1.165) is 11.0 Å². The predicted octanol–water partition coefficient (Wildman–Crippen LogP) is 1.66. The molecule has 0 bridgehead atoms. The molecule has 0 radical (unpaired) electrons. The fourth-order valence-corrected chi connectivity index (χ4v) is 1.42. The third-order valence-corrected chi connectivity index (χ3v) is 2.19. The van der Waals surface area contributed by atoms with Crippen molar-refractivity contribution in [2.45, 2.75) is 6.73 Å². The van der Waals surface area contributed by atoms with Crippen molar-refractivity contribution in [3.63, 3.8) is 0 Å². The van der Waals surface area contributed by atoms with Crippen LogP contribution in [0.25, 0.3) is 11.0 Å². The molecule has 0 spiro atoms. The van der Waals surface area contributed by atoms with E-state index in [0.29, 0.717) is 19.9 Å². The van der Waals surface area contributed by atoms with Crippen LogP contribution in [0.5, 0.6) is 0 Å².